The van der Waals surface area contributed by atoms with Crippen molar-refractivity contribution in [2.45, 2.75) is 13.3 Å². The fourth-order valence-electron chi connectivity index (χ4n) is 0.107. The van der Waals surface area contributed by atoms with Crippen LogP contribution >= 0.6 is 0 Å². The molecule has 1 N–H and O–H groups in total. The van der Waals surface area contributed by atoms with E-state index in [2.05, 4.69) is 0 Å². The lowest BCUT2D eigenvalue weighted by Crippen LogP contribution is -2.09. The van der Waals surface area contributed by atoms with E-state index in [1.54, 1.807) is 0 Å². The number of carbonyl (C=O) groups excluding carboxylic acids is 1. The van der Waals surface area contributed by atoms with Gasteiger partial charge in [-0.3, -0.25) is 4.79 Å². The van der Waals surface area contributed by atoms with Crippen LogP contribution in [0.5, 0.6) is 0 Å². The maximum atomic E-state index is 10.0. The van der Waals surface area contributed by atoms with Crippen molar-refractivity contribution in [3.63, 3.8) is 0 Å². The Kier molecular flexibility index (Phi) is 1.44. The van der Waals surface area contributed by atoms with E-state index in [-0.39, 0.29) is 13.3 Å². The maximum Gasteiger partial charge on any atom is 0.372 e. The number of ketones is 1. The second-order valence-electron chi connectivity index (χ2n) is 0.978. The summed E-state index contributed by atoms with van der Waals surface area (Å²) >= 11 is 0. The van der Waals surface area contributed by atoms with Gasteiger partial charge in [0.1, 0.15) is 0 Å². The molecule has 0 saturated heterocycles. The quantitative estimate of drug-likeness (QED) is 0.397. The molecule has 40 valence electrons. The fourth-order valence-corrected chi connectivity index (χ4v) is 0.107. The van der Waals surface area contributed by atoms with E-state index in [0.29, 0.717) is 0 Å². The van der Waals surface area contributed by atoms with E-state index in [9.17, 15) is 9.59 Å². The van der Waals surface area contributed by atoms with Gasteiger partial charge in [-0.05, 0) is 0 Å². The lowest BCUT2D eigenvalue weighted by Gasteiger charge is -1.80. The zero-order valence-corrected chi connectivity index (χ0v) is 3.68. The van der Waals surface area contributed by atoms with Crippen LogP contribution in [0.2, 0.25) is 0 Å². The van der Waals surface area contributed by atoms with Gasteiger partial charge in [-0.15, -0.1) is 0 Å². The highest BCUT2D eigenvalue weighted by molar-refractivity contribution is 6.32. The highest BCUT2D eigenvalue weighted by Crippen LogP contribution is 1.76. The van der Waals surface area contributed by atoms with Gasteiger partial charge < -0.3 is 5.11 Å². The first kappa shape index (κ1) is 4.30. The van der Waals surface area contributed by atoms with Gasteiger partial charge in [-0.1, -0.05) is 6.90 Å². The summed E-state index contributed by atoms with van der Waals surface area (Å²) in [6, 6.07) is 0. The first-order valence-corrected chi connectivity index (χ1v) is 1.74. The molecule has 7 heavy (non-hydrogen) atoms. The maximum absolute atomic E-state index is 10.0. The van der Waals surface area contributed by atoms with Crippen molar-refractivity contribution in [3.05, 3.63) is 0 Å². The Bertz CT molecular complexity index is 110. The third kappa shape index (κ3) is 1.92. The number of aliphatic carboxylic acids is 1. The molecule has 0 bridgehead atoms. The van der Waals surface area contributed by atoms with Gasteiger partial charge in [-0.2, -0.15) is 0 Å². The molecule has 0 amide bonds. The Morgan fingerprint density at radius 2 is 2.43 bits per heavy atom. The number of hydrogen-bond donors (Lipinski definition) is 1. The Hall–Kier alpha value is -0.860. The van der Waals surface area contributed by atoms with E-state index in [4.69, 9.17) is 6.48 Å². The number of carboxylic acid groups (broad SMARTS) is 1. The summed E-state index contributed by atoms with van der Waals surface area (Å²) in [7, 11) is 0. The van der Waals surface area contributed by atoms with Crippen LogP contribution in [-0.4, -0.2) is 16.9 Å². The summed E-state index contributed by atoms with van der Waals surface area (Å²) in [5, 5.41) is 7.88. The monoisotopic (exact) mass is 104 g/mol. The van der Waals surface area contributed by atoms with Crippen LogP contribution in [0.3, 0.4) is 0 Å². The third-order valence-electron chi connectivity index (χ3n) is 0.466. The van der Waals surface area contributed by atoms with Crippen LogP contribution in [0.4, 0.5) is 0 Å². The van der Waals surface area contributed by atoms with Crippen LogP contribution < -0.4 is 0 Å². The first-order valence-electron chi connectivity index (χ1n) is 2.44. The second kappa shape index (κ2) is 2.34. The van der Waals surface area contributed by atoms with Crippen LogP contribution in [-0.2, 0) is 9.59 Å². The van der Waals surface area contributed by atoms with Crippen LogP contribution in [0.1, 0.15) is 14.7 Å². The average molecular weight is 104 g/mol. The predicted octanol–water partition coefficient (Wildman–Crippen LogP) is 0.0501. The van der Waals surface area contributed by atoms with Crippen molar-refractivity contribution in [2.24, 2.45) is 0 Å². The van der Waals surface area contributed by atoms with Gasteiger partial charge in [0.05, 0.1) is 0 Å². The van der Waals surface area contributed by atoms with Crippen molar-refractivity contribution >= 4 is 11.8 Å². The van der Waals surface area contributed by atoms with Gasteiger partial charge in [0.2, 0.25) is 5.78 Å². The van der Waals surface area contributed by atoms with E-state index < -0.39 is 11.8 Å². The summed E-state index contributed by atoms with van der Waals surface area (Å²) in [6.07, 6.45) is -0.185. The Balaban J connectivity index is 3.49. The average Bonchev–Trinajstić information content (AvgIpc) is 1.67. The summed E-state index contributed by atoms with van der Waals surface area (Å²) in [5.74, 6) is -2.34. The van der Waals surface area contributed by atoms with Crippen molar-refractivity contribution < 1.29 is 16.1 Å². The topological polar surface area (TPSA) is 54.4 Å². The van der Waals surface area contributed by atoms with Crippen LogP contribution in [0.15, 0.2) is 0 Å². The SMILES string of the molecule is [2H][13CH2]CC(=O)C(=O)O. The Morgan fingerprint density at radius 3 is 2.57 bits per heavy atom. The molecule has 0 heterocycles. The Morgan fingerprint density at radius 1 is 1.86 bits per heavy atom. The van der Waals surface area contributed by atoms with Gasteiger partial charge in [0.25, 0.3) is 0 Å². The second-order valence-corrected chi connectivity index (χ2v) is 0.978. The molecule has 0 aromatic heterocycles. The molecule has 3 nitrogen and oxygen atoms in total. The smallest absolute Gasteiger partial charge is 0.372 e. The van der Waals surface area contributed by atoms with Gasteiger partial charge in [-0.25, -0.2) is 4.79 Å². The van der Waals surface area contributed by atoms with Crippen molar-refractivity contribution in [1.82, 2.24) is 0 Å². The normalized spacial score (nSPS) is 10.0. The van der Waals surface area contributed by atoms with Crippen molar-refractivity contribution in [2.75, 3.05) is 0 Å². The molecule has 0 unspecified atom stereocenters. The molecule has 0 fully saturated rings. The summed E-state index contributed by atoms with van der Waals surface area (Å²) in [5.41, 5.74) is 0. The fraction of sp³-hybridized carbons (Fsp3) is 0.500. The standard InChI is InChI=1S/C4H6O3/c1-2-3(5)4(6)7/h2H2,1H3,(H,6,7)/i1+1D. The van der Waals surface area contributed by atoms with E-state index in [0.717, 1.165) is 0 Å². The molecule has 3 heteroatoms. The molecular formula is C4H6O3. The molecule has 0 aliphatic rings. The molecule has 0 spiro atoms. The zero-order chi connectivity index (χ0) is 6.57. The number of Topliss-reactive ketones (excluding diaryl/α,β-unsaturated/α-hetero) is 1. The molecule has 0 aromatic rings. The highest BCUT2D eigenvalue weighted by atomic mass is 16.4. The first-order chi connectivity index (χ1) is 3.68. The minimum Gasteiger partial charge on any atom is -0.476 e. The molecule has 0 rings (SSSR count). The molecule has 0 radical (unpaired) electrons. The number of hydrogen-bond acceptors (Lipinski definition) is 2. The number of carboxylic acids is 1. The van der Waals surface area contributed by atoms with Gasteiger partial charge >= 0.3 is 5.97 Å². The molecule has 0 aliphatic carbocycles. The van der Waals surface area contributed by atoms with Gasteiger partial charge in [0.15, 0.2) is 0 Å². The largest absolute Gasteiger partial charge is 0.476 e. The molecule has 0 atom stereocenters. The minimum absolute atomic E-state index is 0.148. The van der Waals surface area contributed by atoms with E-state index >= 15 is 0 Å². The van der Waals surface area contributed by atoms with E-state index in [1.165, 1.54) is 0 Å². The van der Waals surface area contributed by atoms with Crippen LogP contribution in [0, 0.1) is 0 Å². The summed E-state index contributed by atoms with van der Waals surface area (Å²) in [4.78, 5) is 19.7. The zero-order valence-electron chi connectivity index (χ0n) is 4.68. The molecule has 0 saturated carbocycles. The molecule has 0 aliphatic heterocycles. The van der Waals surface area contributed by atoms with Crippen molar-refractivity contribution in [3.8, 4) is 0 Å². The van der Waals surface area contributed by atoms with Crippen molar-refractivity contribution in [1.29, 1.82) is 0 Å². The molecular weight excluding hydrogens is 97.0 g/mol. The molecule has 0 aromatic carbocycles. The summed E-state index contributed by atoms with van der Waals surface area (Å²) in [6.45, 7) is -0.148. The van der Waals surface area contributed by atoms with E-state index in [1.807, 2.05) is 0 Å². The lowest BCUT2D eigenvalue weighted by atomic mass is 10.4. The summed E-state index contributed by atoms with van der Waals surface area (Å²) < 4.78 is 6.44. The predicted molar refractivity (Wildman–Crippen MR) is 22.9 cm³/mol. The lowest BCUT2D eigenvalue weighted by molar-refractivity contribution is -0.148. The number of carbonyl (C=O) groups is 2. The minimum atomic E-state index is -1.45. The van der Waals surface area contributed by atoms with Crippen LogP contribution in [0.25, 0.3) is 0 Å². The number of rotatable bonds is 2. The van der Waals surface area contributed by atoms with Gasteiger partial charge in [0, 0.05) is 7.79 Å². The third-order valence-corrected chi connectivity index (χ3v) is 0.466. The highest BCUT2D eigenvalue weighted by Gasteiger charge is 2.05. The Labute approximate surface area is 42.4 Å².